The number of anilines is 2. The number of carbonyl (C=O) groups is 1. The van der Waals surface area contributed by atoms with Crippen LogP contribution in [-0.4, -0.2) is 13.0 Å². The van der Waals surface area contributed by atoms with E-state index in [1.165, 1.54) is 19.2 Å². The lowest BCUT2D eigenvalue weighted by Crippen LogP contribution is -2.14. The number of amides is 1. The lowest BCUT2D eigenvalue weighted by Gasteiger charge is -2.11. The Labute approximate surface area is 116 Å². The van der Waals surface area contributed by atoms with E-state index in [1.807, 2.05) is 13.0 Å². The highest BCUT2D eigenvalue weighted by Gasteiger charge is 2.12. The highest BCUT2D eigenvalue weighted by Crippen LogP contribution is 2.24. The average Bonchev–Trinajstić information content (AvgIpc) is 2.42. The van der Waals surface area contributed by atoms with Crippen molar-refractivity contribution in [1.29, 1.82) is 0 Å². The van der Waals surface area contributed by atoms with Crippen LogP contribution in [0.1, 0.15) is 15.9 Å². The molecule has 20 heavy (non-hydrogen) atoms. The molecular weight excluding hydrogens is 259 g/mol. The fourth-order valence-electron chi connectivity index (χ4n) is 1.85. The molecule has 0 fully saturated rings. The van der Waals surface area contributed by atoms with Gasteiger partial charge in [0.15, 0.2) is 11.6 Å². The molecule has 0 spiro atoms. The Morgan fingerprint density at radius 3 is 2.65 bits per heavy atom. The normalized spacial score (nSPS) is 10.2. The number of hydrogen-bond acceptors (Lipinski definition) is 3. The maximum atomic E-state index is 13.6. The van der Waals surface area contributed by atoms with E-state index in [9.17, 15) is 9.18 Å². The van der Waals surface area contributed by atoms with Gasteiger partial charge in [-0.2, -0.15) is 0 Å². The fourth-order valence-corrected chi connectivity index (χ4v) is 1.85. The summed E-state index contributed by atoms with van der Waals surface area (Å²) in [5.74, 6) is -0.914. The Kier molecular flexibility index (Phi) is 3.89. The third-order valence-corrected chi connectivity index (χ3v) is 2.96. The predicted octanol–water partition coefficient (Wildman–Crippen LogP) is 2.98. The molecule has 3 N–H and O–H groups in total. The number of carbonyl (C=O) groups excluding carboxylic acids is 1. The van der Waals surface area contributed by atoms with Crippen LogP contribution in [0.5, 0.6) is 5.75 Å². The number of ether oxygens (including phenoxy) is 1. The molecule has 0 aliphatic heterocycles. The number of halogens is 1. The molecule has 4 nitrogen and oxygen atoms in total. The van der Waals surface area contributed by atoms with Gasteiger partial charge < -0.3 is 15.8 Å². The zero-order valence-electron chi connectivity index (χ0n) is 11.2. The van der Waals surface area contributed by atoms with Crippen LogP contribution in [-0.2, 0) is 0 Å². The van der Waals surface area contributed by atoms with Gasteiger partial charge in [0.1, 0.15) is 0 Å². The fraction of sp³-hybridized carbons (Fsp3) is 0.133. The number of methoxy groups -OCH3 is 1. The van der Waals surface area contributed by atoms with Gasteiger partial charge in [0, 0.05) is 5.56 Å². The topological polar surface area (TPSA) is 64.3 Å². The third kappa shape index (κ3) is 2.71. The number of nitrogens with two attached hydrogens (primary N) is 1. The first-order chi connectivity index (χ1) is 9.52. The van der Waals surface area contributed by atoms with Crippen LogP contribution in [0.25, 0.3) is 0 Å². The zero-order valence-corrected chi connectivity index (χ0v) is 11.2. The lowest BCUT2D eigenvalue weighted by atomic mass is 10.1. The van der Waals surface area contributed by atoms with Crippen molar-refractivity contribution in [2.24, 2.45) is 0 Å². The van der Waals surface area contributed by atoms with Gasteiger partial charge in [-0.05, 0) is 36.8 Å². The van der Waals surface area contributed by atoms with E-state index in [1.54, 1.807) is 12.1 Å². The summed E-state index contributed by atoms with van der Waals surface area (Å²) in [7, 11) is 1.37. The lowest BCUT2D eigenvalue weighted by molar-refractivity contribution is 0.102. The van der Waals surface area contributed by atoms with E-state index in [-0.39, 0.29) is 11.3 Å². The minimum absolute atomic E-state index is 0.0944. The summed E-state index contributed by atoms with van der Waals surface area (Å²) >= 11 is 0. The smallest absolute Gasteiger partial charge is 0.255 e. The van der Waals surface area contributed by atoms with Gasteiger partial charge >= 0.3 is 0 Å². The van der Waals surface area contributed by atoms with Crippen LogP contribution in [0, 0.1) is 12.7 Å². The van der Waals surface area contributed by atoms with E-state index in [0.717, 1.165) is 11.6 Å². The molecule has 0 aliphatic carbocycles. The molecule has 2 aromatic carbocycles. The van der Waals surface area contributed by atoms with E-state index in [2.05, 4.69) is 5.32 Å². The minimum Gasteiger partial charge on any atom is -0.494 e. The number of rotatable bonds is 3. The van der Waals surface area contributed by atoms with Gasteiger partial charge in [0.2, 0.25) is 0 Å². The van der Waals surface area contributed by atoms with Crippen LogP contribution >= 0.6 is 0 Å². The second-order valence-electron chi connectivity index (χ2n) is 4.34. The van der Waals surface area contributed by atoms with Crippen LogP contribution < -0.4 is 15.8 Å². The van der Waals surface area contributed by atoms with Crippen molar-refractivity contribution in [3.8, 4) is 5.75 Å². The Balaban J connectivity index is 2.26. The summed E-state index contributed by atoms with van der Waals surface area (Å²) in [4.78, 5) is 12.1. The molecule has 2 aromatic rings. The van der Waals surface area contributed by atoms with Gasteiger partial charge in [-0.15, -0.1) is 0 Å². The maximum Gasteiger partial charge on any atom is 0.255 e. The van der Waals surface area contributed by atoms with Gasteiger partial charge in [0.25, 0.3) is 5.91 Å². The number of hydrogen-bond donors (Lipinski definition) is 2. The highest BCUT2D eigenvalue weighted by molar-refractivity contribution is 6.06. The van der Waals surface area contributed by atoms with Crippen LogP contribution in [0.15, 0.2) is 36.4 Å². The number of para-hydroxylation sites is 1. The summed E-state index contributed by atoms with van der Waals surface area (Å²) in [6, 6.07) is 9.35. The van der Waals surface area contributed by atoms with Crippen molar-refractivity contribution in [2.45, 2.75) is 6.92 Å². The summed E-state index contributed by atoms with van der Waals surface area (Å²) < 4.78 is 18.4. The largest absolute Gasteiger partial charge is 0.494 e. The van der Waals surface area contributed by atoms with Gasteiger partial charge in [0.05, 0.1) is 18.5 Å². The van der Waals surface area contributed by atoms with Crippen molar-refractivity contribution in [1.82, 2.24) is 0 Å². The average molecular weight is 274 g/mol. The van der Waals surface area contributed by atoms with E-state index >= 15 is 0 Å². The number of benzene rings is 2. The third-order valence-electron chi connectivity index (χ3n) is 2.96. The molecule has 0 radical (unpaired) electrons. The van der Waals surface area contributed by atoms with Gasteiger partial charge in [-0.25, -0.2) is 4.39 Å². The van der Waals surface area contributed by atoms with Gasteiger partial charge in [-0.3, -0.25) is 4.79 Å². The minimum atomic E-state index is -0.585. The molecule has 104 valence electrons. The summed E-state index contributed by atoms with van der Waals surface area (Å²) in [5, 5.41) is 2.69. The Hall–Kier alpha value is -2.56. The molecule has 0 atom stereocenters. The first-order valence-electron chi connectivity index (χ1n) is 6.03. The highest BCUT2D eigenvalue weighted by atomic mass is 19.1. The zero-order chi connectivity index (χ0) is 14.7. The Morgan fingerprint density at radius 2 is 2.05 bits per heavy atom. The predicted molar refractivity (Wildman–Crippen MR) is 76.5 cm³/mol. The van der Waals surface area contributed by atoms with E-state index in [4.69, 9.17) is 10.5 Å². The number of nitrogens with one attached hydrogen (secondary N) is 1. The van der Waals surface area contributed by atoms with Crippen molar-refractivity contribution in [3.05, 3.63) is 53.3 Å². The molecule has 0 aromatic heterocycles. The Bertz CT molecular complexity index is 636. The second-order valence-corrected chi connectivity index (χ2v) is 4.34. The molecule has 0 unspecified atom stereocenters. The monoisotopic (exact) mass is 274 g/mol. The molecule has 0 bridgehead atoms. The van der Waals surface area contributed by atoms with Crippen LogP contribution in [0.2, 0.25) is 0 Å². The summed E-state index contributed by atoms with van der Waals surface area (Å²) in [6.45, 7) is 1.83. The Morgan fingerprint density at radius 1 is 1.30 bits per heavy atom. The molecule has 0 saturated heterocycles. The molecule has 5 heteroatoms. The van der Waals surface area contributed by atoms with E-state index in [0.29, 0.717) is 11.4 Å². The molecule has 0 aliphatic rings. The molecule has 0 saturated carbocycles. The van der Waals surface area contributed by atoms with Crippen molar-refractivity contribution in [3.63, 3.8) is 0 Å². The molecular formula is C15H15FN2O2. The number of aryl methyl sites for hydroxylation is 1. The molecule has 1 amide bonds. The second kappa shape index (κ2) is 5.61. The SMILES string of the molecule is COc1ccc(C(=O)Nc2c(C)cccc2N)cc1F. The van der Waals surface area contributed by atoms with Crippen molar-refractivity contribution in [2.75, 3.05) is 18.2 Å². The molecule has 2 rings (SSSR count). The number of nitrogen functional groups attached to an aromatic ring is 1. The standard InChI is InChI=1S/C15H15FN2O2/c1-9-4-3-5-12(17)14(9)18-15(19)10-6-7-13(20-2)11(16)8-10/h3-8H,17H2,1-2H3,(H,18,19). The first-order valence-corrected chi connectivity index (χ1v) is 6.03. The van der Waals surface area contributed by atoms with E-state index < -0.39 is 11.7 Å². The van der Waals surface area contributed by atoms with Gasteiger partial charge in [-0.1, -0.05) is 12.1 Å². The summed E-state index contributed by atoms with van der Waals surface area (Å²) in [5.41, 5.74) is 7.86. The van der Waals surface area contributed by atoms with Crippen molar-refractivity contribution >= 4 is 17.3 Å². The van der Waals surface area contributed by atoms with Crippen LogP contribution in [0.4, 0.5) is 15.8 Å². The molecule has 0 heterocycles. The maximum absolute atomic E-state index is 13.6. The quantitative estimate of drug-likeness (QED) is 0.846. The van der Waals surface area contributed by atoms with Crippen molar-refractivity contribution < 1.29 is 13.9 Å². The summed E-state index contributed by atoms with van der Waals surface area (Å²) in [6.07, 6.45) is 0. The first kappa shape index (κ1) is 13.9. The van der Waals surface area contributed by atoms with Crippen LogP contribution in [0.3, 0.4) is 0 Å².